The maximum atomic E-state index is 12.2. The maximum absolute atomic E-state index is 12.2. The molecule has 1 aromatic carbocycles. The van der Waals surface area contributed by atoms with Crippen LogP contribution in [-0.2, 0) is 0 Å². The minimum atomic E-state index is -0.501. The average Bonchev–Trinajstić information content (AvgIpc) is 3.07. The van der Waals surface area contributed by atoms with E-state index < -0.39 is 10.8 Å². The summed E-state index contributed by atoms with van der Waals surface area (Å²) in [6.45, 7) is 1.74. The van der Waals surface area contributed by atoms with Gasteiger partial charge in [0.25, 0.3) is 11.6 Å². The molecule has 2 heterocycles. The molecule has 0 unspecified atom stereocenters. The second kappa shape index (κ2) is 5.97. The zero-order valence-electron chi connectivity index (χ0n) is 12.0. The molecule has 3 aromatic rings. The molecule has 1 N–H and O–H groups in total. The first-order chi connectivity index (χ1) is 11.1. The monoisotopic (exact) mass is 329 g/mol. The molecular weight excluding hydrogens is 318 g/mol. The number of carbonyl (C=O) groups is 1. The number of nitrogens with one attached hydrogen (secondary N) is 1. The largest absolute Gasteiger partial charge is 0.290 e. The van der Waals surface area contributed by atoms with Gasteiger partial charge in [-0.05, 0) is 13.0 Å². The molecule has 0 bridgehead atoms. The minimum Gasteiger partial charge on any atom is -0.286 e. The van der Waals surface area contributed by atoms with E-state index >= 15 is 0 Å². The average molecular weight is 329 g/mol. The summed E-state index contributed by atoms with van der Waals surface area (Å²) in [5.41, 5.74) is 3.59. The summed E-state index contributed by atoms with van der Waals surface area (Å²) in [6, 6.07) is 6.15. The third-order valence-corrected chi connectivity index (χ3v) is 3.91. The summed E-state index contributed by atoms with van der Waals surface area (Å²) in [4.78, 5) is 27.6. The number of aromatic nitrogens is 2. The highest BCUT2D eigenvalue weighted by atomic mass is 32.1. The first-order valence-corrected chi connectivity index (χ1v) is 7.45. The van der Waals surface area contributed by atoms with E-state index in [1.165, 1.54) is 23.6 Å². The highest BCUT2D eigenvalue weighted by molar-refractivity contribution is 7.15. The van der Waals surface area contributed by atoms with E-state index in [9.17, 15) is 14.9 Å². The molecule has 23 heavy (non-hydrogen) atoms. The molecule has 116 valence electrons. The molecule has 0 aliphatic heterocycles. The lowest BCUT2D eigenvalue weighted by Crippen LogP contribution is -2.20. The number of hydrogen-bond acceptors (Lipinski definition) is 6. The van der Waals surface area contributed by atoms with E-state index in [2.05, 4.69) is 15.5 Å². The van der Waals surface area contributed by atoms with E-state index in [-0.39, 0.29) is 5.69 Å². The van der Waals surface area contributed by atoms with E-state index in [1.54, 1.807) is 35.7 Å². The molecule has 0 saturated carbocycles. The van der Waals surface area contributed by atoms with Gasteiger partial charge in [-0.25, -0.2) is 10.4 Å². The number of nitro benzene ring substituents is 1. The summed E-state index contributed by atoms with van der Waals surface area (Å²) in [6.07, 6.45) is 3.00. The number of aryl methyl sites for hydroxylation is 1. The maximum Gasteiger partial charge on any atom is 0.290 e. The Labute approximate surface area is 134 Å². The lowest BCUT2D eigenvalue weighted by Gasteiger charge is -2.00. The van der Waals surface area contributed by atoms with Crippen LogP contribution in [0, 0.1) is 17.0 Å². The number of fused-ring (bicyclic) bond motifs is 1. The number of imidazole rings is 1. The molecular formula is C14H11N5O3S. The number of nitrogens with zero attached hydrogens (tertiary/aromatic N) is 4. The Balaban J connectivity index is 1.81. The van der Waals surface area contributed by atoms with Gasteiger partial charge in [-0.1, -0.05) is 12.1 Å². The van der Waals surface area contributed by atoms with E-state index in [0.717, 1.165) is 4.96 Å². The van der Waals surface area contributed by atoms with Gasteiger partial charge < -0.3 is 0 Å². The summed E-state index contributed by atoms with van der Waals surface area (Å²) >= 11 is 1.42. The van der Waals surface area contributed by atoms with Crippen molar-refractivity contribution >= 4 is 34.1 Å². The Morgan fingerprint density at radius 1 is 1.48 bits per heavy atom. The quantitative estimate of drug-likeness (QED) is 0.451. The van der Waals surface area contributed by atoms with Crippen LogP contribution in [0.25, 0.3) is 4.96 Å². The van der Waals surface area contributed by atoms with Gasteiger partial charge in [0.2, 0.25) is 0 Å². The van der Waals surface area contributed by atoms with Gasteiger partial charge in [0, 0.05) is 17.6 Å². The van der Waals surface area contributed by atoms with Crippen molar-refractivity contribution in [2.24, 2.45) is 5.10 Å². The van der Waals surface area contributed by atoms with Crippen molar-refractivity contribution in [3.05, 3.63) is 62.9 Å². The van der Waals surface area contributed by atoms with Crippen LogP contribution in [0.1, 0.15) is 21.7 Å². The van der Waals surface area contributed by atoms with Gasteiger partial charge in [-0.2, -0.15) is 5.10 Å². The fourth-order valence-electron chi connectivity index (χ4n) is 2.14. The number of nitro groups is 1. The van der Waals surface area contributed by atoms with E-state index in [1.807, 2.05) is 5.38 Å². The van der Waals surface area contributed by atoms with Crippen LogP contribution in [0.15, 0.2) is 40.9 Å². The standard InChI is InChI=1S/C14H11N5O3S/c1-9-12(18-6-7-23-14(18)16-9)13(20)17-15-8-10-4-2-3-5-11(10)19(21)22/h2-8H,1H3,(H,17,20)/b15-8+. The molecule has 0 fully saturated rings. The smallest absolute Gasteiger partial charge is 0.286 e. The van der Waals surface area contributed by atoms with Crippen LogP contribution >= 0.6 is 11.3 Å². The SMILES string of the molecule is Cc1nc2sccn2c1C(=O)N/N=C/c1ccccc1[N+](=O)[O-]. The Morgan fingerprint density at radius 3 is 3.04 bits per heavy atom. The Hall–Kier alpha value is -3.07. The molecule has 3 rings (SSSR count). The summed E-state index contributed by atoms with van der Waals surface area (Å²) < 4.78 is 1.68. The van der Waals surface area contributed by atoms with Crippen LogP contribution < -0.4 is 5.43 Å². The molecule has 0 saturated heterocycles. The lowest BCUT2D eigenvalue weighted by atomic mass is 10.2. The Kier molecular flexibility index (Phi) is 3.85. The van der Waals surface area contributed by atoms with Crippen LogP contribution in [0.2, 0.25) is 0 Å². The van der Waals surface area contributed by atoms with Gasteiger partial charge in [-0.15, -0.1) is 11.3 Å². The van der Waals surface area contributed by atoms with Crippen molar-refractivity contribution in [3.63, 3.8) is 0 Å². The van der Waals surface area contributed by atoms with Gasteiger partial charge in [0.05, 0.1) is 22.4 Å². The number of hydrazone groups is 1. The molecule has 2 aromatic heterocycles. The molecule has 9 heteroatoms. The summed E-state index contributed by atoms with van der Waals surface area (Å²) in [7, 11) is 0. The Morgan fingerprint density at radius 2 is 2.26 bits per heavy atom. The molecule has 0 aliphatic rings. The van der Waals surface area contributed by atoms with Gasteiger partial charge in [0.1, 0.15) is 5.69 Å². The predicted octanol–water partition coefficient (Wildman–Crippen LogP) is 2.38. The number of benzene rings is 1. The second-order valence-electron chi connectivity index (χ2n) is 4.62. The third kappa shape index (κ3) is 2.81. The fraction of sp³-hybridized carbons (Fsp3) is 0.0714. The second-order valence-corrected chi connectivity index (χ2v) is 5.49. The third-order valence-electron chi connectivity index (χ3n) is 3.15. The van der Waals surface area contributed by atoms with Crippen molar-refractivity contribution in [1.29, 1.82) is 0 Å². The normalized spacial score (nSPS) is 11.2. The number of carbonyl (C=O) groups excluding carboxylic acids is 1. The molecule has 8 nitrogen and oxygen atoms in total. The van der Waals surface area contributed by atoms with Gasteiger partial charge in [0.15, 0.2) is 4.96 Å². The fourth-order valence-corrected chi connectivity index (χ4v) is 2.90. The summed E-state index contributed by atoms with van der Waals surface area (Å²) in [5.74, 6) is -0.428. The minimum absolute atomic E-state index is 0.0775. The molecule has 0 atom stereocenters. The number of thiazole rings is 1. The zero-order valence-corrected chi connectivity index (χ0v) is 12.8. The van der Waals surface area contributed by atoms with Crippen molar-refractivity contribution in [2.45, 2.75) is 6.92 Å². The van der Waals surface area contributed by atoms with Gasteiger partial charge >= 0.3 is 0 Å². The van der Waals surface area contributed by atoms with E-state index in [0.29, 0.717) is 17.0 Å². The van der Waals surface area contributed by atoms with Crippen molar-refractivity contribution in [1.82, 2.24) is 14.8 Å². The highest BCUT2D eigenvalue weighted by Crippen LogP contribution is 2.17. The number of hydrogen-bond donors (Lipinski definition) is 1. The molecule has 0 radical (unpaired) electrons. The van der Waals surface area contributed by atoms with Gasteiger partial charge in [-0.3, -0.25) is 19.3 Å². The highest BCUT2D eigenvalue weighted by Gasteiger charge is 2.17. The van der Waals surface area contributed by atoms with Crippen LogP contribution in [0.4, 0.5) is 5.69 Å². The predicted molar refractivity (Wildman–Crippen MR) is 86.0 cm³/mol. The number of amides is 1. The first-order valence-electron chi connectivity index (χ1n) is 6.57. The Bertz CT molecular complexity index is 928. The first kappa shape index (κ1) is 14.9. The van der Waals surface area contributed by atoms with Crippen LogP contribution in [0.5, 0.6) is 0 Å². The van der Waals surface area contributed by atoms with Crippen molar-refractivity contribution in [3.8, 4) is 0 Å². The van der Waals surface area contributed by atoms with E-state index in [4.69, 9.17) is 0 Å². The topological polar surface area (TPSA) is 102 Å². The molecule has 1 amide bonds. The van der Waals surface area contributed by atoms with Crippen molar-refractivity contribution in [2.75, 3.05) is 0 Å². The van der Waals surface area contributed by atoms with Crippen LogP contribution in [-0.4, -0.2) is 26.4 Å². The van der Waals surface area contributed by atoms with Crippen molar-refractivity contribution < 1.29 is 9.72 Å². The lowest BCUT2D eigenvalue weighted by molar-refractivity contribution is -0.385. The number of rotatable bonds is 4. The molecule has 0 aliphatic carbocycles. The zero-order chi connectivity index (χ0) is 16.4. The molecule has 0 spiro atoms. The summed E-state index contributed by atoms with van der Waals surface area (Å²) in [5, 5.41) is 16.5. The van der Waals surface area contributed by atoms with Crippen LogP contribution in [0.3, 0.4) is 0 Å². The number of para-hydroxylation sites is 1.